The lowest BCUT2D eigenvalue weighted by atomic mass is 9.93. The number of carbonyl (C=O) groups is 1. The fourth-order valence-corrected chi connectivity index (χ4v) is 2.88. The number of hydrogen-bond donors (Lipinski definition) is 2. The molecule has 0 radical (unpaired) electrons. The molecule has 1 fully saturated rings. The summed E-state index contributed by atoms with van der Waals surface area (Å²) in [4.78, 5) is 14.1. The van der Waals surface area contributed by atoms with Crippen molar-refractivity contribution in [2.45, 2.75) is 32.3 Å². The van der Waals surface area contributed by atoms with Crippen LogP contribution in [0.5, 0.6) is 0 Å². The number of aliphatic hydroxyl groups is 1. The van der Waals surface area contributed by atoms with Crippen LogP contribution in [0, 0.1) is 5.92 Å². The van der Waals surface area contributed by atoms with Crippen LogP contribution < -0.4 is 5.32 Å². The molecule has 4 nitrogen and oxygen atoms in total. The largest absolute Gasteiger partial charge is 0.393 e. The summed E-state index contributed by atoms with van der Waals surface area (Å²) in [6.45, 7) is 4.74. The SMILES string of the molecule is CC(O)C1CCCN(CC(=O)NCCc2ccccc2)C1. The van der Waals surface area contributed by atoms with Crippen molar-refractivity contribution < 1.29 is 9.90 Å². The lowest BCUT2D eigenvalue weighted by molar-refractivity contribution is -0.122. The second kappa shape index (κ2) is 8.15. The van der Waals surface area contributed by atoms with E-state index in [1.54, 1.807) is 0 Å². The number of piperidine rings is 1. The van der Waals surface area contributed by atoms with E-state index in [1.807, 2.05) is 25.1 Å². The number of nitrogens with one attached hydrogen (secondary N) is 1. The minimum absolute atomic E-state index is 0.0807. The Hall–Kier alpha value is -1.39. The quantitative estimate of drug-likeness (QED) is 0.833. The van der Waals surface area contributed by atoms with Crippen molar-refractivity contribution in [2.75, 3.05) is 26.2 Å². The molecule has 1 amide bonds. The number of carbonyl (C=O) groups excluding carboxylic acids is 1. The Morgan fingerprint density at radius 3 is 2.90 bits per heavy atom. The van der Waals surface area contributed by atoms with Crippen molar-refractivity contribution in [2.24, 2.45) is 5.92 Å². The van der Waals surface area contributed by atoms with E-state index < -0.39 is 0 Å². The second-order valence-corrected chi connectivity index (χ2v) is 5.96. The summed E-state index contributed by atoms with van der Waals surface area (Å²) in [5.74, 6) is 0.382. The normalized spacial score (nSPS) is 21.0. The molecule has 1 heterocycles. The minimum Gasteiger partial charge on any atom is -0.393 e. The Bertz CT molecular complexity index is 434. The van der Waals surface area contributed by atoms with E-state index in [0.29, 0.717) is 19.0 Å². The van der Waals surface area contributed by atoms with Gasteiger partial charge in [-0.1, -0.05) is 30.3 Å². The summed E-state index contributed by atoms with van der Waals surface area (Å²) in [6, 6.07) is 10.2. The van der Waals surface area contributed by atoms with Crippen LogP contribution in [0.4, 0.5) is 0 Å². The van der Waals surface area contributed by atoms with Gasteiger partial charge in [-0.3, -0.25) is 9.69 Å². The fraction of sp³-hybridized carbons (Fsp3) is 0.588. The number of hydrogen-bond acceptors (Lipinski definition) is 3. The molecule has 1 aromatic rings. The summed E-state index contributed by atoms with van der Waals surface area (Å²) in [5, 5.41) is 12.6. The van der Waals surface area contributed by atoms with E-state index in [0.717, 1.165) is 32.4 Å². The van der Waals surface area contributed by atoms with Crippen LogP contribution in [0.25, 0.3) is 0 Å². The van der Waals surface area contributed by atoms with Gasteiger partial charge in [0.2, 0.25) is 5.91 Å². The van der Waals surface area contributed by atoms with Crippen molar-refractivity contribution in [1.29, 1.82) is 0 Å². The van der Waals surface area contributed by atoms with Crippen LogP contribution in [0.2, 0.25) is 0 Å². The fourth-order valence-electron chi connectivity index (χ4n) is 2.88. The third-order valence-electron chi connectivity index (χ3n) is 4.17. The zero-order valence-corrected chi connectivity index (χ0v) is 12.8. The first-order chi connectivity index (χ1) is 10.1. The number of amides is 1. The molecule has 2 atom stereocenters. The number of nitrogens with zero attached hydrogens (tertiary/aromatic N) is 1. The molecular weight excluding hydrogens is 264 g/mol. The summed E-state index contributed by atoms with van der Waals surface area (Å²) < 4.78 is 0. The number of likely N-dealkylation sites (tertiary alicyclic amines) is 1. The molecule has 116 valence electrons. The zero-order valence-electron chi connectivity index (χ0n) is 12.8. The van der Waals surface area contributed by atoms with Gasteiger partial charge in [0, 0.05) is 13.1 Å². The van der Waals surface area contributed by atoms with Crippen LogP contribution in [0.15, 0.2) is 30.3 Å². The van der Waals surface area contributed by atoms with Gasteiger partial charge in [0.25, 0.3) is 0 Å². The van der Waals surface area contributed by atoms with Crippen molar-refractivity contribution in [3.8, 4) is 0 Å². The van der Waals surface area contributed by atoms with E-state index in [4.69, 9.17) is 0 Å². The first kappa shape index (κ1) is 16.0. The van der Waals surface area contributed by atoms with Crippen molar-refractivity contribution in [1.82, 2.24) is 10.2 Å². The molecule has 21 heavy (non-hydrogen) atoms. The Labute approximate surface area is 127 Å². The lowest BCUT2D eigenvalue weighted by Crippen LogP contribution is -2.44. The first-order valence-corrected chi connectivity index (χ1v) is 7.86. The van der Waals surface area contributed by atoms with Crippen LogP contribution in [-0.2, 0) is 11.2 Å². The highest BCUT2D eigenvalue weighted by Crippen LogP contribution is 2.19. The average molecular weight is 290 g/mol. The average Bonchev–Trinajstić information content (AvgIpc) is 2.48. The predicted octanol–water partition coefficient (Wildman–Crippen LogP) is 1.44. The van der Waals surface area contributed by atoms with Crippen LogP contribution in [-0.4, -0.2) is 48.2 Å². The Balaban J connectivity index is 1.67. The minimum atomic E-state index is -0.283. The highest BCUT2D eigenvalue weighted by atomic mass is 16.3. The summed E-state index contributed by atoms with van der Waals surface area (Å²) >= 11 is 0. The molecular formula is C17H26N2O2. The Morgan fingerprint density at radius 2 is 2.19 bits per heavy atom. The molecule has 1 aliphatic heterocycles. The highest BCUT2D eigenvalue weighted by molar-refractivity contribution is 5.78. The standard InChI is InChI=1S/C17H26N2O2/c1-14(20)16-8-5-11-19(12-16)13-17(21)18-10-9-15-6-3-2-4-7-15/h2-4,6-7,14,16,20H,5,8-13H2,1H3,(H,18,21). The molecule has 1 aliphatic rings. The van der Waals surface area contributed by atoms with E-state index in [1.165, 1.54) is 5.56 Å². The molecule has 0 bridgehead atoms. The number of aliphatic hydroxyl groups excluding tert-OH is 1. The van der Waals surface area contributed by atoms with Crippen LogP contribution in [0.1, 0.15) is 25.3 Å². The molecule has 1 saturated heterocycles. The van der Waals surface area contributed by atoms with Gasteiger partial charge >= 0.3 is 0 Å². The van der Waals surface area contributed by atoms with Gasteiger partial charge in [-0.2, -0.15) is 0 Å². The van der Waals surface area contributed by atoms with Crippen LogP contribution in [0.3, 0.4) is 0 Å². The molecule has 0 saturated carbocycles. The molecule has 4 heteroatoms. The molecule has 0 aromatic heterocycles. The topological polar surface area (TPSA) is 52.6 Å². The lowest BCUT2D eigenvalue weighted by Gasteiger charge is -2.33. The van der Waals surface area contributed by atoms with E-state index in [9.17, 15) is 9.90 Å². The van der Waals surface area contributed by atoms with Gasteiger partial charge in [0.1, 0.15) is 0 Å². The smallest absolute Gasteiger partial charge is 0.234 e. The summed E-state index contributed by atoms with van der Waals surface area (Å²) in [6.07, 6.45) is 2.70. The molecule has 2 unspecified atom stereocenters. The highest BCUT2D eigenvalue weighted by Gasteiger charge is 2.24. The maximum Gasteiger partial charge on any atom is 0.234 e. The van der Waals surface area contributed by atoms with Crippen molar-refractivity contribution in [3.05, 3.63) is 35.9 Å². The Kier molecular flexibility index (Phi) is 6.21. The van der Waals surface area contributed by atoms with Gasteiger partial charge in [0.15, 0.2) is 0 Å². The van der Waals surface area contributed by atoms with Gasteiger partial charge in [-0.15, -0.1) is 0 Å². The third kappa shape index (κ3) is 5.48. The molecule has 1 aromatic carbocycles. The molecule has 0 aliphatic carbocycles. The zero-order chi connectivity index (χ0) is 15.1. The molecule has 2 N–H and O–H groups in total. The van der Waals surface area contributed by atoms with E-state index in [2.05, 4.69) is 22.3 Å². The summed E-state index contributed by atoms with van der Waals surface area (Å²) in [5.41, 5.74) is 1.24. The van der Waals surface area contributed by atoms with Gasteiger partial charge in [-0.05, 0) is 44.2 Å². The summed E-state index contributed by atoms with van der Waals surface area (Å²) in [7, 11) is 0. The van der Waals surface area contributed by atoms with E-state index in [-0.39, 0.29) is 12.0 Å². The second-order valence-electron chi connectivity index (χ2n) is 5.96. The molecule has 2 rings (SSSR count). The van der Waals surface area contributed by atoms with Gasteiger partial charge in [0.05, 0.1) is 12.6 Å². The van der Waals surface area contributed by atoms with Crippen LogP contribution >= 0.6 is 0 Å². The number of rotatable bonds is 6. The van der Waals surface area contributed by atoms with Crippen molar-refractivity contribution >= 4 is 5.91 Å². The first-order valence-electron chi connectivity index (χ1n) is 7.86. The van der Waals surface area contributed by atoms with Gasteiger partial charge in [-0.25, -0.2) is 0 Å². The monoisotopic (exact) mass is 290 g/mol. The van der Waals surface area contributed by atoms with Gasteiger partial charge < -0.3 is 10.4 Å². The maximum absolute atomic E-state index is 12.0. The van der Waals surface area contributed by atoms with Crippen molar-refractivity contribution in [3.63, 3.8) is 0 Å². The number of benzene rings is 1. The maximum atomic E-state index is 12.0. The predicted molar refractivity (Wildman–Crippen MR) is 84.0 cm³/mol. The third-order valence-corrected chi connectivity index (χ3v) is 4.17. The Morgan fingerprint density at radius 1 is 1.43 bits per heavy atom. The molecule has 0 spiro atoms. The van der Waals surface area contributed by atoms with E-state index >= 15 is 0 Å².